The van der Waals surface area contributed by atoms with Gasteiger partial charge in [0.15, 0.2) is 0 Å². The third-order valence-electron chi connectivity index (χ3n) is 3.79. The van der Waals surface area contributed by atoms with Gasteiger partial charge in [-0.2, -0.15) is 0 Å². The van der Waals surface area contributed by atoms with Crippen molar-refractivity contribution in [3.05, 3.63) is 47.4 Å². The summed E-state index contributed by atoms with van der Waals surface area (Å²) in [4.78, 5) is 23.3. The van der Waals surface area contributed by atoms with Gasteiger partial charge in [0.05, 0.1) is 13.2 Å². The van der Waals surface area contributed by atoms with E-state index in [1.54, 1.807) is 13.0 Å². The number of aromatic nitrogens is 2. The normalized spacial score (nSPS) is 14.6. The molecule has 0 atom stereocenters. The Morgan fingerprint density at radius 2 is 1.91 bits per heavy atom. The van der Waals surface area contributed by atoms with E-state index in [9.17, 15) is 4.79 Å². The fourth-order valence-corrected chi connectivity index (χ4v) is 2.52. The molecule has 2 heterocycles. The lowest BCUT2D eigenvalue weighted by Crippen LogP contribution is -2.37. The van der Waals surface area contributed by atoms with E-state index in [1.807, 2.05) is 31.2 Å². The molecule has 1 aromatic heterocycles. The lowest BCUT2D eigenvalue weighted by atomic mass is 10.2. The molecule has 1 amide bonds. The van der Waals surface area contributed by atoms with Crippen LogP contribution in [0.15, 0.2) is 30.3 Å². The molecule has 1 aliphatic rings. The number of hydrogen-bond acceptors (Lipinski definition) is 5. The molecule has 23 heavy (non-hydrogen) atoms. The van der Waals surface area contributed by atoms with E-state index in [2.05, 4.69) is 20.2 Å². The summed E-state index contributed by atoms with van der Waals surface area (Å²) in [6.45, 7) is 6.65. The molecule has 2 aromatic rings. The van der Waals surface area contributed by atoms with Crippen LogP contribution in [0.5, 0.6) is 0 Å². The van der Waals surface area contributed by atoms with Gasteiger partial charge in [-0.1, -0.05) is 18.2 Å². The van der Waals surface area contributed by atoms with Gasteiger partial charge in [-0.25, -0.2) is 9.97 Å². The highest BCUT2D eigenvalue weighted by Crippen LogP contribution is 2.17. The third kappa shape index (κ3) is 3.65. The van der Waals surface area contributed by atoms with Crippen molar-refractivity contribution in [1.82, 2.24) is 9.97 Å². The van der Waals surface area contributed by atoms with Gasteiger partial charge < -0.3 is 15.0 Å². The lowest BCUT2D eigenvalue weighted by molar-refractivity contribution is 0.102. The van der Waals surface area contributed by atoms with Gasteiger partial charge in [0.1, 0.15) is 17.3 Å². The van der Waals surface area contributed by atoms with E-state index in [1.165, 1.54) is 0 Å². The van der Waals surface area contributed by atoms with E-state index < -0.39 is 0 Å². The molecule has 3 rings (SSSR count). The molecule has 0 aliphatic carbocycles. The highest BCUT2D eigenvalue weighted by Gasteiger charge is 2.17. The quantitative estimate of drug-likeness (QED) is 0.941. The Hall–Kier alpha value is -2.47. The number of hydrogen-bond donors (Lipinski definition) is 1. The predicted molar refractivity (Wildman–Crippen MR) is 88.9 cm³/mol. The first kappa shape index (κ1) is 15.4. The van der Waals surface area contributed by atoms with Crippen LogP contribution in [0.4, 0.5) is 11.5 Å². The van der Waals surface area contributed by atoms with Crippen LogP contribution in [0.3, 0.4) is 0 Å². The molecule has 120 valence electrons. The summed E-state index contributed by atoms with van der Waals surface area (Å²) in [7, 11) is 0. The first-order valence-electron chi connectivity index (χ1n) is 7.69. The van der Waals surface area contributed by atoms with Gasteiger partial charge in [0.2, 0.25) is 0 Å². The first-order chi connectivity index (χ1) is 11.1. The van der Waals surface area contributed by atoms with Gasteiger partial charge in [-0.3, -0.25) is 4.79 Å². The standard InChI is InChI=1S/C17H20N4O2/c1-12-5-3-4-6-14(12)20-17(22)15-11-16(19-13(2)18-15)21-7-9-23-10-8-21/h3-6,11H,7-10H2,1-2H3,(H,20,22). The molecule has 6 heteroatoms. The maximum absolute atomic E-state index is 12.5. The van der Waals surface area contributed by atoms with Crippen LogP contribution in [-0.2, 0) is 4.74 Å². The van der Waals surface area contributed by atoms with E-state index in [4.69, 9.17) is 4.74 Å². The van der Waals surface area contributed by atoms with E-state index in [-0.39, 0.29) is 5.91 Å². The second-order valence-corrected chi connectivity index (χ2v) is 5.53. The zero-order valence-corrected chi connectivity index (χ0v) is 13.4. The molecule has 0 spiro atoms. The molecule has 0 radical (unpaired) electrons. The Morgan fingerprint density at radius 3 is 2.65 bits per heavy atom. The fourth-order valence-electron chi connectivity index (χ4n) is 2.52. The Labute approximate surface area is 135 Å². The first-order valence-corrected chi connectivity index (χ1v) is 7.69. The summed E-state index contributed by atoms with van der Waals surface area (Å²) in [5.41, 5.74) is 2.18. The molecule has 1 N–H and O–H groups in total. The minimum atomic E-state index is -0.223. The Bertz CT molecular complexity index is 711. The molecule has 1 fully saturated rings. The summed E-state index contributed by atoms with van der Waals surface area (Å²) in [6.07, 6.45) is 0. The van der Waals surface area contributed by atoms with Crippen molar-refractivity contribution in [2.24, 2.45) is 0 Å². The van der Waals surface area contributed by atoms with E-state index in [0.717, 1.165) is 30.2 Å². The summed E-state index contributed by atoms with van der Waals surface area (Å²) in [6, 6.07) is 9.42. The number of nitrogens with zero attached hydrogens (tertiary/aromatic N) is 3. The molecule has 6 nitrogen and oxygen atoms in total. The minimum Gasteiger partial charge on any atom is -0.378 e. The summed E-state index contributed by atoms with van der Waals surface area (Å²) < 4.78 is 5.36. The second-order valence-electron chi connectivity index (χ2n) is 5.53. The number of carbonyl (C=O) groups excluding carboxylic acids is 1. The number of aryl methyl sites for hydroxylation is 2. The van der Waals surface area contributed by atoms with E-state index >= 15 is 0 Å². The average molecular weight is 312 g/mol. The van der Waals surface area contributed by atoms with Crippen molar-refractivity contribution in [1.29, 1.82) is 0 Å². The number of anilines is 2. The monoisotopic (exact) mass is 312 g/mol. The van der Waals surface area contributed by atoms with Gasteiger partial charge >= 0.3 is 0 Å². The highest BCUT2D eigenvalue weighted by atomic mass is 16.5. The fraction of sp³-hybridized carbons (Fsp3) is 0.353. The smallest absolute Gasteiger partial charge is 0.274 e. The van der Waals surface area contributed by atoms with E-state index in [0.29, 0.717) is 24.7 Å². The number of morpholine rings is 1. The number of para-hydroxylation sites is 1. The van der Waals surface area contributed by atoms with Crippen LogP contribution in [0.1, 0.15) is 21.9 Å². The van der Waals surface area contributed by atoms with Gasteiger partial charge in [0, 0.05) is 24.8 Å². The molecule has 1 aliphatic heterocycles. The number of rotatable bonds is 3. The topological polar surface area (TPSA) is 67.4 Å². The van der Waals surface area contributed by atoms with Crippen LogP contribution >= 0.6 is 0 Å². The van der Waals surface area contributed by atoms with Crippen LogP contribution < -0.4 is 10.2 Å². The summed E-state index contributed by atoms with van der Waals surface area (Å²) >= 11 is 0. The molecule has 1 saturated heterocycles. The van der Waals surface area contributed by atoms with Gasteiger partial charge in [-0.05, 0) is 25.5 Å². The Balaban J connectivity index is 1.83. The van der Waals surface area contributed by atoms with Crippen molar-refractivity contribution >= 4 is 17.4 Å². The zero-order valence-electron chi connectivity index (χ0n) is 13.4. The average Bonchev–Trinajstić information content (AvgIpc) is 2.57. The summed E-state index contributed by atoms with van der Waals surface area (Å²) in [5, 5.41) is 2.91. The molecule has 1 aromatic carbocycles. The largest absolute Gasteiger partial charge is 0.378 e. The van der Waals surface area contributed by atoms with Crippen molar-refractivity contribution in [2.45, 2.75) is 13.8 Å². The SMILES string of the molecule is Cc1nc(C(=O)Nc2ccccc2C)cc(N2CCOCC2)n1. The Kier molecular flexibility index (Phi) is 4.52. The maximum Gasteiger partial charge on any atom is 0.274 e. The van der Waals surface area contributed by atoms with Crippen molar-refractivity contribution in [3.63, 3.8) is 0 Å². The summed E-state index contributed by atoms with van der Waals surface area (Å²) in [5.74, 6) is 1.14. The molecule has 0 saturated carbocycles. The molecular formula is C17H20N4O2. The zero-order chi connectivity index (χ0) is 16.2. The molecular weight excluding hydrogens is 292 g/mol. The second kappa shape index (κ2) is 6.75. The lowest BCUT2D eigenvalue weighted by Gasteiger charge is -2.28. The maximum atomic E-state index is 12.5. The van der Waals surface area contributed by atoms with Crippen LogP contribution in [0, 0.1) is 13.8 Å². The molecule has 0 unspecified atom stereocenters. The number of ether oxygens (including phenoxy) is 1. The predicted octanol–water partition coefficient (Wildman–Crippen LogP) is 2.18. The van der Waals surface area contributed by atoms with Gasteiger partial charge in [-0.15, -0.1) is 0 Å². The van der Waals surface area contributed by atoms with Crippen LogP contribution in [0.25, 0.3) is 0 Å². The highest BCUT2D eigenvalue weighted by molar-refractivity contribution is 6.03. The molecule has 0 bridgehead atoms. The number of nitrogens with one attached hydrogen (secondary N) is 1. The van der Waals surface area contributed by atoms with Crippen LogP contribution in [-0.4, -0.2) is 42.2 Å². The third-order valence-corrected chi connectivity index (χ3v) is 3.79. The van der Waals surface area contributed by atoms with Gasteiger partial charge in [0.25, 0.3) is 5.91 Å². The minimum absolute atomic E-state index is 0.223. The van der Waals surface area contributed by atoms with Crippen LogP contribution in [0.2, 0.25) is 0 Å². The Morgan fingerprint density at radius 1 is 1.17 bits per heavy atom. The number of amides is 1. The van der Waals surface area contributed by atoms with Crippen molar-refractivity contribution < 1.29 is 9.53 Å². The number of carbonyl (C=O) groups is 1. The van der Waals surface area contributed by atoms with Crippen molar-refractivity contribution in [2.75, 3.05) is 36.5 Å². The number of benzene rings is 1. The van der Waals surface area contributed by atoms with Crippen molar-refractivity contribution in [3.8, 4) is 0 Å².